The molecule has 0 aliphatic rings. The van der Waals surface area contributed by atoms with E-state index in [1.807, 2.05) is 4.68 Å². The van der Waals surface area contributed by atoms with Crippen LogP contribution in [0.1, 0.15) is 36.6 Å². The standard InChI is InChI=1S/C21H24N2O/c1-4-5-6-19-20(17-11-7-15(2)8-12-17)21(24)22-23(19)18-13-9-16(3)10-14-18/h7-14H,4-6H2,1-3H3,(H,22,24). The maximum absolute atomic E-state index is 10.5. The van der Waals surface area contributed by atoms with Crippen LogP contribution in [0.2, 0.25) is 0 Å². The quantitative estimate of drug-likeness (QED) is 0.701. The van der Waals surface area contributed by atoms with Gasteiger partial charge in [-0.05, 0) is 44.4 Å². The third-order valence-corrected chi connectivity index (χ3v) is 4.35. The van der Waals surface area contributed by atoms with Crippen molar-refractivity contribution in [3.8, 4) is 22.7 Å². The topological polar surface area (TPSA) is 38.1 Å². The van der Waals surface area contributed by atoms with Gasteiger partial charge in [-0.25, -0.2) is 4.68 Å². The number of nitrogens with zero attached hydrogens (tertiary/aromatic N) is 2. The van der Waals surface area contributed by atoms with E-state index < -0.39 is 0 Å². The van der Waals surface area contributed by atoms with Crippen LogP contribution in [0.5, 0.6) is 5.88 Å². The monoisotopic (exact) mass is 320 g/mol. The predicted octanol–water partition coefficient (Wildman–Crippen LogP) is 5.20. The van der Waals surface area contributed by atoms with E-state index in [4.69, 9.17) is 0 Å². The van der Waals surface area contributed by atoms with E-state index in [-0.39, 0.29) is 5.88 Å². The summed E-state index contributed by atoms with van der Waals surface area (Å²) in [5, 5.41) is 15.0. The minimum absolute atomic E-state index is 0.102. The van der Waals surface area contributed by atoms with Gasteiger partial charge in [-0.1, -0.05) is 60.9 Å². The molecule has 3 rings (SSSR count). The summed E-state index contributed by atoms with van der Waals surface area (Å²) in [5.74, 6) is 0.102. The Kier molecular flexibility index (Phi) is 4.70. The summed E-state index contributed by atoms with van der Waals surface area (Å²) in [4.78, 5) is 0. The number of aromatic hydroxyl groups is 1. The van der Waals surface area contributed by atoms with Crippen LogP contribution in [0.25, 0.3) is 16.8 Å². The Morgan fingerprint density at radius 3 is 2.08 bits per heavy atom. The number of aryl methyl sites for hydroxylation is 2. The lowest BCUT2D eigenvalue weighted by Gasteiger charge is -2.10. The van der Waals surface area contributed by atoms with E-state index in [0.29, 0.717) is 0 Å². The van der Waals surface area contributed by atoms with Crippen LogP contribution < -0.4 is 0 Å². The summed E-state index contributed by atoms with van der Waals surface area (Å²) in [7, 11) is 0. The van der Waals surface area contributed by atoms with E-state index in [1.54, 1.807) is 0 Å². The zero-order valence-corrected chi connectivity index (χ0v) is 14.6. The molecule has 2 aromatic carbocycles. The fraction of sp³-hybridized carbons (Fsp3) is 0.286. The van der Waals surface area contributed by atoms with Crippen molar-refractivity contribution in [2.75, 3.05) is 0 Å². The highest BCUT2D eigenvalue weighted by molar-refractivity contribution is 5.72. The van der Waals surface area contributed by atoms with Crippen LogP contribution in [-0.2, 0) is 6.42 Å². The molecule has 3 heteroatoms. The zero-order chi connectivity index (χ0) is 17.1. The van der Waals surface area contributed by atoms with Crippen molar-refractivity contribution in [1.82, 2.24) is 9.78 Å². The molecule has 0 radical (unpaired) electrons. The van der Waals surface area contributed by atoms with Gasteiger partial charge >= 0.3 is 0 Å². The number of benzene rings is 2. The van der Waals surface area contributed by atoms with Gasteiger partial charge in [0.15, 0.2) is 0 Å². The molecule has 1 heterocycles. The first kappa shape index (κ1) is 16.3. The number of aromatic nitrogens is 2. The van der Waals surface area contributed by atoms with Gasteiger partial charge < -0.3 is 5.11 Å². The van der Waals surface area contributed by atoms with Gasteiger partial charge in [-0.15, -0.1) is 5.10 Å². The van der Waals surface area contributed by atoms with Crippen molar-refractivity contribution in [1.29, 1.82) is 0 Å². The highest BCUT2D eigenvalue weighted by Gasteiger charge is 2.19. The van der Waals surface area contributed by atoms with E-state index >= 15 is 0 Å². The lowest BCUT2D eigenvalue weighted by atomic mass is 10.0. The Bertz CT molecular complexity index is 814. The molecule has 24 heavy (non-hydrogen) atoms. The van der Waals surface area contributed by atoms with E-state index in [0.717, 1.165) is 41.8 Å². The summed E-state index contributed by atoms with van der Waals surface area (Å²) >= 11 is 0. The van der Waals surface area contributed by atoms with Gasteiger partial charge in [-0.3, -0.25) is 0 Å². The number of unbranched alkanes of at least 4 members (excludes halogenated alkanes) is 1. The lowest BCUT2D eigenvalue weighted by molar-refractivity contribution is 0.449. The Balaban J connectivity index is 2.14. The van der Waals surface area contributed by atoms with Crippen molar-refractivity contribution >= 4 is 0 Å². The molecule has 3 nitrogen and oxygen atoms in total. The minimum Gasteiger partial charge on any atom is -0.492 e. The van der Waals surface area contributed by atoms with Crippen molar-refractivity contribution in [2.45, 2.75) is 40.0 Å². The van der Waals surface area contributed by atoms with Gasteiger partial charge in [0.25, 0.3) is 0 Å². The molecule has 0 unspecified atom stereocenters. The van der Waals surface area contributed by atoms with Gasteiger partial charge in [0.2, 0.25) is 5.88 Å². The van der Waals surface area contributed by atoms with Crippen LogP contribution >= 0.6 is 0 Å². The van der Waals surface area contributed by atoms with Crippen LogP contribution in [-0.4, -0.2) is 14.9 Å². The Morgan fingerprint density at radius 2 is 1.50 bits per heavy atom. The van der Waals surface area contributed by atoms with Crippen LogP contribution in [0.15, 0.2) is 48.5 Å². The second-order valence-electron chi connectivity index (χ2n) is 6.36. The van der Waals surface area contributed by atoms with Crippen molar-refractivity contribution in [3.05, 3.63) is 65.4 Å². The highest BCUT2D eigenvalue weighted by Crippen LogP contribution is 2.35. The molecule has 0 amide bonds. The molecule has 0 saturated heterocycles. The first-order valence-electron chi connectivity index (χ1n) is 8.55. The summed E-state index contributed by atoms with van der Waals surface area (Å²) in [6.07, 6.45) is 3.06. The second-order valence-corrected chi connectivity index (χ2v) is 6.36. The van der Waals surface area contributed by atoms with Gasteiger partial charge in [0.05, 0.1) is 16.9 Å². The van der Waals surface area contributed by atoms with Gasteiger partial charge in [0, 0.05) is 0 Å². The molecule has 0 bridgehead atoms. The Hall–Kier alpha value is -2.55. The van der Waals surface area contributed by atoms with Crippen LogP contribution in [0.3, 0.4) is 0 Å². The molecule has 0 spiro atoms. The molecular formula is C21H24N2O. The van der Waals surface area contributed by atoms with Crippen LogP contribution in [0.4, 0.5) is 0 Å². The molecule has 0 fully saturated rings. The fourth-order valence-corrected chi connectivity index (χ4v) is 2.93. The van der Waals surface area contributed by atoms with Crippen LogP contribution in [0, 0.1) is 13.8 Å². The molecular weight excluding hydrogens is 296 g/mol. The van der Waals surface area contributed by atoms with E-state index in [2.05, 4.69) is 74.4 Å². The molecule has 0 aliphatic carbocycles. The largest absolute Gasteiger partial charge is 0.492 e. The summed E-state index contributed by atoms with van der Waals surface area (Å²) in [6, 6.07) is 16.5. The van der Waals surface area contributed by atoms with Gasteiger partial charge in [-0.2, -0.15) is 0 Å². The molecule has 0 atom stereocenters. The van der Waals surface area contributed by atoms with Crippen molar-refractivity contribution < 1.29 is 5.11 Å². The lowest BCUT2D eigenvalue weighted by Crippen LogP contribution is -2.03. The highest BCUT2D eigenvalue weighted by atomic mass is 16.3. The number of rotatable bonds is 5. The van der Waals surface area contributed by atoms with E-state index in [1.165, 1.54) is 11.1 Å². The Labute approximate surface area is 143 Å². The fourth-order valence-electron chi connectivity index (χ4n) is 2.93. The maximum atomic E-state index is 10.5. The first-order chi connectivity index (χ1) is 11.6. The molecule has 0 aliphatic heterocycles. The smallest absolute Gasteiger partial charge is 0.239 e. The average Bonchev–Trinajstić information content (AvgIpc) is 2.91. The SMILES string of the molecule is CCCCc1c(-c2ccc(C)cc2)c(O)nn1-c1ccc(C)cc1. The predicted molar refractivity (Wildman–Crippen MR) is 98.8 cm³/mol. The summed E-state index contributed by atoms with van der Waals surface area (Å²) in [5.41, 5.74) is 6.34. The second kappa shape index (κ2) is 6.91. The number of hydrogen-bond acceptors (Lipinski definition) is 2. The van der Waals surface area contributed by atoms with Crippen molar-refractivity contribution in [2.24, 2.45) is 0 Å². The first-order valence-corrected chi connectivity index (χ1v) is 8.55. The third kappa shape index (κ3) is 3.21. The zero-order valence-electron chi connectivity index (χ0n) is 14.6. The third-order valence-electron chi connectivity index (χ3n) is 4.35. The molecule has 0 saturated carbocycles. The summed E-state index contributed by atoms with van der Waals surface area (Å²) in [6.45, 7) is 6.31. The van der Waals surface area contributed by atoms with Gasteiger partial charge in [0.1, 0.15) is 0 Å². The molecule has 3 aromatic rings. The minimum atomic E-state index is 0.102. The molecule has 1 aromatic heterocycles. The number of hydrogen-bond donors (Lipinski definition) is 1. The average molecular weight is 320 g/mol. The Morgan fingerprint density at radius 1 is 0.917 bits per heavy atom. The van der Waals surface area contributed by atoms with Crippen molar-refractivity contribution in [3.63, 3.8) is 0 Å². The normalized spacial score (nSPS) is 11.0. The maximum Gasteiger partial charge on any atom is 0.239 e. The molecule has 1 N–H and O–H groups in total. The van der Waals surface area contributed by atoms with E-state index in [9.17, 15) is 5.11 Å². The molecule has 124 valence electrons. The summed E-state index contributed by atoms with van der Waals surface area (Å²) < 4.78 is 1.89.